The van der Waals surface area contributed by atoms with Crippen LogP contribution in [0.15, 0.2) is 18.2 Å². The summed E-state index contributed by atoms with van der Waals surface area (Å²) in [6.07, 6.45) is 0.616. The van der Waals surface area contributed by atoms with Crippen LogP contribution >= 0.6 is 34.2 Å². The van der Waals surface area contributed by atoms with Crippen LogP contribution in [0.5, 0.6) is 0 Å². The van der Waals surface area contributed by atoms with Gasteiger partial charge in [0.1, 0.15) is 0 Å². The molecular weight excluding hydrogens is 302 g/mol. The number of hydrogen-bond acceptors (Lipinski definition) is 1. The van der Waals surface area contributed by atoms with E-state index in [0.717, 1.165) is 9.13 Å². The van der Waals surface area contributed by atoms with Crippen molar-refractivity contribution in [1.82, 2.24) is 0 Å². The zero-order valence-corrected chi connectivity index (χ0v) is 9.67. The van der Waals surface area contributed by atoms with Crippen molar-refractivity contribution >= 4 is 40.2 Å². The second kappa shape index (κ2) is 4.81. The fraction of sp³-hybridized carbons (Fsp3) is 0.222. The number of carboxylic acid groups (broad SMARTS) is 1. The monoisotopic (exact) mass is 310 g/mol. The van der Waals surface area contributed by atoms with Gasteiger partial charge in [-0.3, -0.25) is 4.79 Å². The van der Waals surface area contributed by atoms with E-state index in [0.29, 0.717) is 11.4 Å². The Kier molecular flexibility index (Phi) is 3.99. The Hall–Kier alpha value is -0.290. The molecule has 4 heteroatoms. The van der Waals surface area contributed by atoms with Gasteiger partial charge in [-0.15, -0.1) is 0 Å². The lowest BCUT2D eigenvalue weighted by molar-refractivity contribution is -0.136. The van der Waals surface area contributed by atoms with Crippen molar-refractivity contribution in [3.8, 4) is 0 Å². The zero-order chi connectivity index (χ0) is 9.84. The van der Waals surface area contributed by atoms with Gasteiger partial charge in [-0.25, -0.2) is 0 Å². The van der Waals surface area contributed by atoms with Crippen LogP contribution in [0, 0.1) is 3.57 Å². The SMILES string of the molecule is O=C(O)CCc1cccc(I)c1Cl. The quantitative estimate of drug-likeness (QED) is 0.872. The van der Waals surface area contributed by atoms with Crippen LogP contribution in [0.25, 0.3) is 0 Å². The fourth-order valence-electron chi connectivity index (χ4n) is 0.983. The van der Waals surface area contributed by atoms with Crippen LogP contribution in [0.2, 0.25) is 5.02 Å². The summed E-state index contributed by atoms with van der Waals surface area (Å²) in [7, 11) is 0. The van der Waals surface area contributed by atoms with Crippen LogP contribution in [-0.4, -0.2) is 11.1 Å². The molecule has 0 aromatic heterocycles. The summed E-state index contributed by atoms with van der Waals surface area (Å²) >= 11 is 8.10. The van der Waals surface area contributed by atoms with Crippen LogP contribution in [0.1, 0.15) is 12.0 Å². The number of aliphatic carboxylic acids is 1. The predicted molar refractivity (Wildman–Crippen MR) is 60.1 cm³/mol. The lowest BCUT2D eigenvalue weighted by Crippen LogP contribution is -1.98. The topological polar surface area (TPSA) is 37.3 Å². The summed E-state index contributed by atoms with van der Waals surface area (Å²) in [5, 5.41) is 9.16. The fourth-order valence-corrected chi connectivity index (χ4v) is 1.76. The Morgan fingerprint density at radius 3 is 2.85 bits per heavy atom. The Balaban J connectivity index is 2.77. The number of carboxylic acids is 1. The van der Waals surface area contributed by atoms with Gasteiger partial charge < -0.3 is 5.11 Å². The molecule has 1 N–H and O–H groups in total. The molecule has 13 heavy (non-hydrogen) atoms. The molecule has 1 aromatic carbocycles. The van der Waals surface area contributed by atoms with Crippen molar-refractivity contribution in [3.63, 3.8) is 0 Å². The highest BCUT2D eigenvalue weighted by Gasteiger charge is 2.05. The summed E-state index contributed by atoms with van der Waals surface area (Å²) in [5.74, 6) is -0.796. The van der Waals surface area contributed by atoms with Gasteiger partial charge in [0, 0.05) is 9.99 Å². The van der Waals surface area contributed by atoms with E-state index < -0.39 is 5.97 Å². The number of rotatable bonds is 3. The van der Waals surface area contributed by atoms with E-state index in [-0.39, 0.29) is 6.42 Å². The first-order chi connectivity index (χ1) is 6.11. The molecule has 0 aliphatic carbocycles. The van der Waals surface area contributed by atoms with E-state index in [1.807, 2.05) is 18.2 Å². The van der Waals surface area contributed by atoms with Crippen molar-refractivity contribution in [2.45, 2.75) is 12.8 Å². The standard InChI is InChI=1S/C9H8ClIO2/c10-9-6(4-5-8(12)13)2-1-3-7(9)11/h1-3H,4-5H2,(H,12,13). The number of hydrogen-bond donors (Lipinski definition) is 1. The third-order valence-corrected chi connectivity index (χ3v) is 3.30. The maximum atomic E-state index is 10.3. The van der Waals surface area contributed by atoms with E-state index in [9.17, 15) is 4.79 Å². The van der Waals surface area contributed by atoms with Gasteiger partial charge in [0.05, 0.1) is 5.02 Å². The third-order valence-electron chi connectivity index (χ3n) is 1.64. The van der Waals surface area contributed by atoms with E-state index in [1.54, 1.807) is 0 Å². The highest BCUT2D eigenvalue weighted by Crippen LogP contribution is 2.23. The minimum atomic E-state index is -0.796. The average molecular weight is 311 g/mol. The lowest BCUT2D eigenvalue weighted by atomic mass is 10.1. The molecule has 2 nitrogen and oxygen atoms in total. The van der Waals surface area contributed by atoms with E-state index in [2.05, 4.69) is 22.6 Å². The molecule has 0 bridgehead atoms. The first-order valence-corrected chi connectivity index (χ1v) is 5.21. The lowest BCUT2D eigenvalue weighted by Gasteiger charge is -2.03. The molecule has 0 spiro atoms. The number of carbonyl (C=O) groups is 1. The first-order valence-electron chi connectivity index (χ1n) is 3.76. The van der Waals surface area contributed by atoms with Crippen molar-refractivity contribution < 1.29 is 9.90 Å². The van der Waals surface area contributed by atoms with Crippen molar-refractivity contribution in [2.24, 2.45) is 0 Å². The molecule has 1 aromatic rings. The second-order valence-corrected chi connectivity index (χ2v) is 4.15. The van der Waals surface area contributed by atoms with Crippen molar-refractivity contribution in [1.29, 1.82) is 0 Å². The summed E-state index contributed by atoms with van der Waals surface area (Å²) in [4.78, 5) is 10.3. The molecule has 0 radical (unpaired) electrons. The van der Waals surface area contributed by atoms with Gasteiger partial charge in [0.15, 0.2) is 0 Å². The Labute approximate surface area is 95.0 Å². The number of benzene rings is 1. The van der Waals surface area contributed by atoms with Gasteiger partial charge in [0.25, 0.3) is 0 Å². The Morgan fingerprint density at radius 1 is 1.54 bits per heavy atom. The first kappa shape index (κ1) is 10.8. The molecule has 0 fully saturated rings. The molecule has 0 atom stereocenters. The zero-order valence-electron chi connectivity index (χ0n) is 6.76. The second-order valence-electron chi connectivity index (χ2n) is 2.61. The number of aryl methyl sites for hydroxylation is 1. The van der Waals surface area contributed by atoms with Crippen LogP contribution in [0.3, 0.4) is 0 Å². The Bertz CT molecular complexity index is 325. The van der Waals surface area contributed by atoms with Crippen molar-refractivity contribution in [3.05, 3.63) is 32.4 Å². The molecule has 0 heterocycles. The average Bonchev–Trinajstić information content (AvgIpc) is 2.07. The molecule has 0 saturated carbocycles. The maximum absolute atomic E-state index is 10.3. The van der Waals surface area contributed by atoms with E-state index >= 15 is 0 Å². The minimum absolute atomic E-state index is 0.125. The normalized spacial score (nSPS) is 10.0. The van der Waals surface area contributed by atoms with E-state index in [4.69, 9.17) is 16.7 Å². The van der Waals surface area contributed by atoms with Gasteiger partial charge in [-0.1, -0.05) is 23.7 Å². The highest BCUT2D eigenvalue weighted by molar-refractivity contribution is 14.1. The van der Waals surface area contributed by atoms with Gasteiger partial charge in [0.2, 0.25) is 0 Å². The molecule has 0 aliphatic heterocycles. The maximum Gasteiger partial charge on any atom is 0.303 e. The van der Waals surface area contributed by atoms with Crippen molar-refractivity contribution in [2.75, 3.05) is 0 Å². The smallest absolute Gasteiger partial charge is 0.303 e. The Morgan fingerprint density at radius 2 is 2.23 bits per heavy atom. The molecule has 1 rings (SSSR count). The largest absolute Gasteiger partial charge is 0.481 e. The van der Waals surface area contributed by atoms with Gasteiger partial charge >= 0.3 is 5.97 Å². The molecule has 0 aliphatic rings. The minimum Gasteiger partial charge on any atom is -0.481 e. The molecule has 0 saturated heterocycles. The molecular formula is C9H8ClIO2. The van der Waals surface area contributed by atoms with Crippen LogP contribution < -0.4 is 0 Å². The van der Waals surface area contributed by atoms with Gasteiger partial charge in [-0.2, -0.15) is 0 Å². The molecule has 70 valence electrons. The summed E-state index contributed by atoms with van der Waals surface area (Å²) in [6.45, 7) is 0. The third kappa shape index (κ3) is 3.15. The molecule has 0 amide bonds. The van der Waals surface area contributed by atoms with Crippen LogP contribution in [0.4, 0.5) is 0 Å². The summed E-state index contributed by atoms with van der Waals surface area (Å²) in [6, 6.07) is 5.63. The van der Waals surface area contributed by atoms with Gasteiger partial charge in [-0.05, 0) is 40.6 Å². The van der Waals surface area contributed by atoms with Crippen LogP contribution in [-0.2, 0) is 11.2 Å². The van der Waals surface area contributed by atoms with E-state index in [1.165, 1.54) is 0 Å². The summed E-state index contributed by atoms with van der Waals surface area (Å²) in [5.41, 5.74) is 0.899. The highest BCUT2D eigenvalue weighted by atomic mass is 127. The molecule has 0 unspecified atom stereocenters. The summed E-state index contributed by atoms with van der Waals surface area (Å²) < 4.78 is 0.960. The predicted octanol–water partition coefficient (Wildman–Crippen LogP) is 2.96. The number of halogens is 2.